The molecular weight excluding hydrogens is 352 g/mol. The van der Waals surface area contributed by atoms with Crippen molar-refractivity contribution in [3.05, 3.63) is 16.2 Å². The first kappa shape index (κ1) is 14.5. The minimum absolute atomic E-state index is 0.277. The van der Waals surface area contributed by atoms with Crippen molar-refractivity contribution in [2.45, 2.75) is 27.0 Å². The molecule has 0 spiro atoms. The lowest BCUT2D eigenvalue weighted by Gasteiger charge is -1.99. The van der Waals surface area contributed by atoms with E-state index in [-0.39, 0.29) is 5.28 Å². The summed E-state index contributed by atoms with van der Waals surface area (Å²) in [6.07, 6.45) is 2.97. The zero-order valence-corrected chi connectivity index (χ0v) is 14.6. The highest BCUT2D eigenvalue weighted by atomic mass is 35.5. The number of thioether (sulfide) groups is 1. The molecule has 0 amide bonds. The number of rotatable bonds is 4. The standard InChI is InChI=1S/C11H9ClN4S4/c1-3-5-4-6-7(18-5)13-9(12)14-8(6)19-11-16-15-10(17-2)20-11/h4H,3H2,1-2H3. The van der Waals surface area contributed by atoms with Crippen LogP contribution in [0.3, 0.4) is 0 Å². The van der Waals surface area contributed by atoms with Gasteiger partial charge >= 0.3 is 0 Å². The molecule has 0 atom stereocenters. The third-order valence-electron chi connectivity index (χ3n) is 2.48. The maximum absolute atomic E-state index is 6.01. The largest absolute Gasteiger partial charge is 0.224 e. The molecule has 0 aliphatic heterocycles. The van der Waals surface area contributed by atoms with Crippen LogP contribution in [0.2, 0.25) is 5.28 Å². The van der Waals surface area contributed by atoms with Gasteiger partial charge in [0, 0.05) is 10.3 Å². The number of nitrogens with zero attached hydrogens (tertiary/aromatic N) is 4. The summed E-state index contributed by atoms with van der Waals surface area (Å²) in [5, 5.41) is 10.4. The molecule has 3 heterocycles. The number of hydrogen-bond acceptors (Lipinski definition) is 8. The Morgan fingerprint density at radius 1 is 1.20 bits per heavy atom. The van der Waals surface area contributed by atoms with E-state index in [1.807, 2.05) is 6.26 Å². The van der Waals surface area contributed by atoms with Crippen LogP contribution in [0.5, 0.6) is 0 Å². The van der Waals surface area contributed by atoms with Gasteiger partial charge in [-0.15, -0.1) is 21.5 Å². The highest BCUT2D eigenvalue weighted by molar-refractivity contribution is 8.03. The number of hydrogen-bond donors (Lipinski definition) is 0. The summed E-state index contributed by atoms with van der Waals surface area (Å²) < 4.78 is 1.82. The van der Waals surface area contributed by atoms with Gasteiger partial charge in [-0.05, 0) is 42.1 Å². The molecule has 0 fully saturated rings. The summed E-state index contributed by atoms with van der Waals surface area (Å²) in [6.45, 7) is 2.13. The molecule has 0 aromatic carbocycles. The lowest BCUT2D eigenvalue weighted by molar-refractivity contribution is 0.954. The molecule has 0 aliphatic rings. The second kappa shape index (κ2) is 6.15. The Morgan fingerprint density at radius 2 is 2.00 bits per heavy atom. The van der Waals surface area contributed by atoms with Crippen LogP contribution in [-0.4, -0.2) is 26.4 Å². The fraction of sp³-hybridized carbons (Fsp3) is 0.273. The Kier molecular flexibility index (Phi) is 4.46. The van der Waals surface area contributed by atoms with Gasteiger partial charge in [0.05, 0.1) is 0 Å². The molecule has 0 aliphatic carbocycles. The van der Waals surface area contributed by atoms with Gasteiger partial charge in [-0.2, -0.15) is 0 Å². The van der Waals surface area contributed by atoms with Crippen molar-refractivity contribution in [1.82, 2.24) is 20.2 Å². The summed E-state index contributed by atoms with van der Waals surface area (Å²) in [4.78, 5) is 10.8. The number of aryl methyl sites for hydroxylation is 1. The number of fused-ring (bicyclic) bond motifs is 1. The minimum atomic E-state index is 0.277. The summed E-state index contributed by atoms with van der Waals surface area (Å²) in [5.74, 6) is 0. The molecule has 0 unspecified atom stereocenters. The topological polar surface area (TPSA) is 51.6 Å². The lowest BCUT2D eigenvalue weighted by Crippen LogP contribution is -1.86. The van der Waals surface area contributed by atoms with E-state index in [4.69, 9.17) is 11.6 Å². The quantitative estimate of drug-likeness (QED) is 0.384. The predicted molar refractivity (Wildman–Crippen MR) is 87.6 cm³/mol. The van der Waals surface area contributed by atoms with E-state index in [0.717, 1.165) is 30.3 Å². The molecule has 9 heteroatoms. The predicted octanol–water partition coefficient (Wildman–Crippen LogP) is 4.63. The minimum Gasteiger partial charge on any atom is -0.210 e. The van der Waals surface area contributed by atoms with Crippen molar-refractivity contribution in [1.29, 1.82) is 0 Å². The van der Waals surface area contributed by atoms with Crippen molar-refractivity contribution in [2.75, 3.05) is 6.26 Å². The molecule has 4 nitrogen and oxygen atoms in total. The van der Waals surface area contributed by atoms with Crippen molar-refractivity contribution in [2.24, 2.45) is 0 Å². The second-order valence-corrected chi connectivity index (χ2v) is 8.44. The molecular formula is C11H9ClN4S4. The fourth-order valence-corrected chi connectivity index (χ4v) is 5.33. The van der Waals surface area contributed by atoms with Crippen LogP contribution >= 0.6 is 57.8 Å². The van der Waals surface area contributed by atoms with Gasteiger partial charge in [0.25, 0.3) is 0 Å². The normalized spacial score (nSPS) is 11.3. The van der Waals surface area contributed by atoms with E-state index in [1.54, 1.807) is 34.4 Å². The van der Waals surface area contributed by atoms with Gasteiger partial charge in [0.1, 0.15) is 9.86 Å². The average molecular weight is 361 g/mol. The van der Waals surface area contributed by atoms with Crippen LogP contribution < -0.4 is 0 Å². The Labute approximate surface area is 137 Å². The number of halogens is 1. The van der Waals surface area contributed by atoms with Gasteiger partial charge in [-0.1, -0.05) is 30.0 Å². The van der Waals surface area contributed by atoms with Crippen LogP contribution in [-0.2, 0) is 6.42 Å². The zero-order valence-electron chi connectivity index (χ0n) is 10.6. The van der Waals surface area contributed by atoms with Crippen molar-refractivity contribution in [3.63, 3.8) is 0 Å². The first-order valence-electron chi connectivity index (χ1n) is 5.71. The molecule has 104 valence electrons. The van der Waals surface area contributed by atoms with Gasteiger partial charge in [0.15, 0.2) is 8.68 Å². The lowest BCUT2D eigenvalue weighted by atomic mass is 10.3. The van der Waals surface area contributed by atoms with Gasteiger partial charge in [-0.3, -0.25) is 0 Å². The Bertz CT molecular complexity index is 754. The fourth-order valence-electron chi connectivity index (χ4n) is 1.58. The zero-order chi connectivity index (χ0) is 14.1. The first-order chi connectivity index (χ1) is 9.69. The first-order valence-corrected chi connectivity index (χ1v) is 9.76. The van der Waals surface area contributed by atoms with E-state index in [1.165, 1.54) is 16.6 Å². The third-order valence-corrected chi connectivity index (χ3v) is 6.77. The molecule has 0 saturated carbocycles. The van der Waals surface area contributed by atoms with E-state index >= 15 is 0 Å². The smallest absolute Gasteiger partial charge is 0.210 e. The van der Waals surface area contributed by atoms with Gasteiger partial charge in [-0.25, -0.2) is 9.97 Å². The molecule has 3 rings (SSSR count). The molecule has 0 saturated heterocycles. The van der Waals surface area contributed by atoms with Gasteiger partial charge < -0.3 is 0 Å². The monoisotopic (exact) mass is 360 g/mol. The van der Waals surface area contributed by atoms with Crippen molar-refractivity contribution < 1.29 is 0 Å². The Morgan fingerprint density at radius 3 is 2.70 bits per heavy atom. The van der Waals surface area contributed by atoms with E-state index < -0.39 is 0 Å². The molecule has 0 N–H and O–H groups in total. The summed E-state index contributed by atoms with van der Waals surface area (Å²) in [7, 11) is 0. The van der Waals surface area contributed by atoms with Gasteiger partial charge in [0.2, 0.25) is 5.28 Å². The third kappa shape index (κ3) is 2.94. The van der Waals surface area contributed by atoms with E-state index in [2.05, 4.69) is 33.2 Å². The van der Waals surface area contributed by atoms with Crippen LogP contribution in [0, 0.1) is 0 Å². The maximum Gasteiger partial charge on any atom is 0.224 e. The summed E-state index contributed by atoms with van der Waals surface area (Å²) in [5.41, 5.74) is 0. The molecule has 0 radical (unpaired) electrons. The van der Waals surface area contributed by atoms with Crippen LogP contribution in [0.15, 0.2) is 19.8 Å². The van der Waals surface area contributed by atoms with E-state index in [0.29, 0.717) is 0 Å². The summed E-state index contributed by atoms with van der Waals surface area (Å²) in [6, 6.07) is 2.13. The second-order valence-electron chi connectivity index (χ2n) is 3.72. The molecule has 3 aromatic rings. The number of thiophene rings is 1. The average Bonchev–Trinajstić information content (AvgIpc) is 3.04. The Balaban J connectivity index is 2.03. The van der Waals surface area contributed by atoms with Crippen LogP contribution in [0.1, 0.15) is 11.8 Å². The maximum atomic E-state index is 6.01. The van der Waals surface area contributed by atoms with Crippen molar-refractivity contribution in [3.8, 4) is 0 Å². The SMILES string of the molecule is CCc1cc2c(Sc3nnc(SC)s3)nc(Cl)nc2s1. The van der Waals surface area contributed by atoms with Crippen LogP contribution in [0.4, 0.5) is 0 Å². The molecule has 3 aromatic heterocycles. The highest BCUT2D eigenvalue weighted by Gasteiger charge is 2.14. The number of aromatic nitrogens is 4. The van der Waals surface area contributed by atoms with Crippen molar-refractivity contribution >= 4 is 68.0 Å². The Hall–Kier alpha value is -0.410. The molecule has 0 bridgehead atoms. The summed E-state index contributed by atoms with van der Waals surface area (Å²) >= 11 is 12.3. The molecule has 20 heavy (non-hydrogen) atoms. The van der Waals surface area contributed by atoms with Crippen LogP contribution in [0.25, 0.3) is 10.2 Å². The van der Waals surface area contributed by atoms with E-state index in [9.17, 15) is 0 Å². The highest BCUT2D eigenvalue weighted by Crippen LogP contribution is 2.38.